The van der Waals surface area contributed by atoms with E-state index in [1.54, 1.807) is 0 Å². The molecule has 0 amide bonds. The van der Waals surface area contributed by atoms with E-state index in [9.17, 15) is 0 Å². The highest BCUT2D eigenvalue weighted by atomic mass is 16.3. The number of rotatable bonds is 6. The average molecular weight is 452 g/mol. The fraction of sp³-hybridized carbons (Fsp3) is 0.241. The van der Waals surface area contributed by atoms with Gasteiger partial charge in [0, 0.05) is 41.6 Å². The highest BCUT2D eigenvalue weighted by molar-refractivity contribution is 6.02. The van der Waals surface area contributed by atoms with Gasteiger partial charge in [0.2, 0.25) is 5.58 Å². The second-order valence-electron chi connectivity index (χ2n) is 8.72. The summed E-state index contributed by atoms with van der Waals surface area (Å²) < 4.78 is 8.03. The van der Waals surface area contributed by atoms with Crippen LogP contribution in [0.2, 0.25) is 0 Å². The SMILES string of the molecule is CCN(CC)Cc1ccc(C2=CC(=Cc3nc4c(ccc[n+]4C)o3)c3ccccc3N2C)cc1. The van der Waals surface area contributed by atoms with Crippen LogP contribution in [-0.4, -0.2) is 30.0 Å². The van der Waals surface area contributed by atoms with Gasteiger partial charge in [0.05, 0.1) is 13.2 Å². The average Bonchev–Trinajstić information content (AvgIpc) is 3.29. The van der Waals surface area contributed by atoms with E-state index < -0.39 is 0 Å². The Morgan fingerprint density at radius 2 is 1.76 bits per heavy atom. The Morgan fingerprint density at radius 3 is 2.50 bits per heavy atom. The Morgan fingerprint density at radius 1 is 1.00 bits per heavy atom. The van der Waals surface area contributed by atoms with Crippen LogP contribution in [0.4, 0.5) is 5.69 Å². The molecule has 0 N–H and O–H groups in total. The molecule has 34 heavy (non-hydrogen) atoms. The highest BCUT2D eigenvalue weighted by Crippen LogP contribution is 2.39. The highest BCUT2D eigenvalue weighted by Gasteiger charge is 2.23. The largest absolute Gasteiger partial charge is 0.411 e. The molecule has 0 spiro atoms. The van der Waals surface area contributed by atoms with E-state index in [0.29, 0.717) is 5.89 Å². The van der Waals surface area contributed by atoms with E-state index >= 15 is 0 Å². The number of oxazole rings is 1. The molecule has 0 saturated carbocycles. The zero-order chi connectivity index (χ0) is 23.7. The molecule has 0 atom stereocenters. The van der Waals surface area contributed by atoms with Crippen molar-refractivity contribution < 1.29 is 8.98 Å². The molecule has 5 nitrogen and oxygen atoms in total. The zero-order valence-corrected chi connectivity index (χ0v) is 20.3. The third-order valence-corrected chi connectivity index (χ3v) is 6.60. The molecule has 0 radical (unpaired) electrons. The minimum Gasteiger partial charge on any atom is -0.411 e. The number of pyridine rings is 1. The lowest BCUT2D eigenvalue weighted by atomic mass is 9.94. The Labute approximate surface area is 201 Å². The van der Waals surface area contributed by atoms with E-state index in [1.807, 2.05) is 36.0 Å². The molecule has 5 heteroatoms. The minimum absolute atomic E-state index is 0.608. The van der Waals surface area contributed by atoms with Gasteiger partial charge in [-0.25, -0.2) is 4.57 Å². The first-order chi connectivity index (χ1) is 16.6. The van der Waals surface area contributed by atoms with Gasteiger partial charge in [-0.15, -0.1) is 0 Å². The maximum Gasteiger partial charge on any atom is 0.370 e. The van der Waals surface area contributed by atoms with Gasteiger partial charge >= 0.3 is 11.5 Å². The molecule has 1 aliphatic rings. The van der Waals surface area contributed by atoms with Crippen LogP contribution in [0, 0.1) is 0 Å². The first-order valence-electron chi connectivity index (χ1n) is 11.9. The van der Waals surface area contributed by atoms with Gasteiger partial charge in [-0.3, -0.25) is 4.90 Å². The zero-order valence-electron chi connectivity index (χ0n) is 20.3. The fourth-order valence-corrected chi connectivity index (χ4v) is 4.57. The van der Waals surface area contributed by atoms with Crippen molar-refractivity contribution in [3.05, 3.63) is 95.5 Å². The molecule has 1 aliphatic heterocycles. The smallest absolute Gasteiger partial charge is 0.370 e. The third-order valence-electron chi connectivity index (χ3n) is 6.60. The van der Waals surface area contributed by atoms with Crippen molar-refractivity contribution in [2.24, 2.45) is 7.05 Å². The van der Waals surface area contributed by atoms with Crippen LogP contribution in [0.25, 0.3) is 28.6 Å². The van der Waals surface area contributed by atoms with Crippen molar-refractivity contribution in [1.29, 1.82) is 0 Å². The molecule has 5 rings (SSSR count). The fourth-order valence-electron chi connectivity index (χ4n) is 4.57. The summed E-state index contributed by atoms with van der Waals surface area (Å²) in [5.41, 5.74) is 8.72. The number of hydrogen-bond donors (Lipinski definition) is 0. The molecule has 4 aromatic rings. The lowest BCUT2D eigenvalue weighted by Crippen LogP contribution is -2.28. The summed E-state index contributed by atoms with van der Waals surface area (Å²) in [4.78, 5) is 9.41. The summed E-state index contributed by atoms with van der Waals surface area (Å²) in [7, 11) is 4.11. The summed E-state index contributed by atoms with van der Waals surface area (Å²) in [6, 6.07) is 21.3. The van der Waals surface area contributed by atoms with Gasteiger partial charge in [-0.2, -0.15) is 0 Å². The molecular formula is C29H31N4O+. The number of para-hydroxylation sites is 1. The van der Waals surface area contributed by atoms with E-state index in [4.69, 9.17) is 9.40 Å². The lowest BCUT2D eigenvalue weighted by molar-refractivity contribution is -0.646. The van der Waals surface area contributed by atoms with E-state index in [0.717, 1.165) is 42.1 Å². The molecule has 0 aliphatic carbocycles. The maximum atomic E-state index is 6.05. The number of aromatic nitrogens is 2. The molecular weight excluding hydrogens is 420 g/mol. The topological polar surface area (TPSA) is 36.4 Å². The van der Waals surface area contributed by atoms with Crippen LogP contribution >= 0.6 is 0 Å². The summed E-state index contributed by atoms with van der Waals surface area (Å²) in [5, 5.41) is 0. The van der Waals surface area contributed by atoms with Crippen molar-refractivity contribution >= 4 is 34.3 Å². The Balaban J connectivity index is 1.55. The third kappa shape index (κ3) is 4.15. The Bertz CT molecular complexity index is 1380. The lowest BCUT2D eigenvalue weighted by Gasteiger charge is -2.30. The second-order valence-corrected chi connectivity index (χ2v) is 8.72. The van der Waals surface area contributed by atoms with Gasteiger partial charge in [0.25, 0.3) is 0 Å². The summed E-state index contributed by atoms with van der Waals surface area (Å²) >= 11 is 0. The Hall–Kier alpha value is -3.70. The van der Waals surface area contributed by atoms with Crippen LogP contribution in [0.5, 0.6) is 0 Å². The molecule has 0 bridgehead atoms. The molecule has 2 aromatic heterocycles. The first-order valence-corrected chi connectivity index (χ1v) is 11.9. The predicted molar refractivity (Wildman–Crippen MR) is 139 cm³/mol. The van der Waals surface area contributed by atoms with E-state index in [2.05, 4.69) is 85.3 Å². The van der Waals surface area contributed by atoms with Crippen molar-refractivity contribution in [2.75, 3.05) is 25.0 Å². The molecule has 0 saturated heterocycles. The van der Waals surface area contributed by atoms with Gasteiger partial charge in [-0.1, -0.05) is 56.3 Å². The van der Waals surface area contributed by atoms with Gasteiger partial charge < -0.3 is 9.32 Å². The monoisotopic (exact) mass is 451 g/mol. The van der Waals surface area contributed by atoms with Crippen molar-refractivity contribution in [3.63, 3.8) is 0 Å². The number of nitrogens with zero attached hydrogens (tertiary/aromatic N) is 4. The summed E-state index contributed by atoms with van der Waals surface area (Å²) in [5.74, 6) is 0.608. The van der Waals surface area contributed by atoms with Crippen LogP contribution in [0.15, 0.2) is 77.4 Å². The maximum absolute atomic E-state index is 6.05. The number of aryl methyl sites for hydroxylation is 1. The molecule has 3 heterocycles. The van der Waals surface area contributed by atoms with Crippen molar-refractivity contribution in [2.45, 2.75) is 20.4 Å². The van der Waals surface area contributed by atoms with Crippen molar-refractivity contribution in [3.8, 4) is 0 Å². The molecule has 0 fully saturated rings. The first kappa shape index (κ1) is 22.1. The van der Waals surface area contributed by atoms with Crippen molar-refractivity contribution in [1.82, 2.24) is 9.88 Å². The number of fused-ring (bicyclic) bond motifs is 2. The number of benzene rings is 2. The quantitative estimate of drug-likeness (QED) is 0.362. The Kier molecular flexibility index (Phi) is 6.03. The van der Waals surface area contributed by atoms with Crippen LogP contribution in [0.1, 0.15) is 36.4 Å². The summed E-state index contributed by atoms with van der Waals surface area (Å²) in [6.07, 6.45) is 6.26. The molecule has 2 aromatic carbocycles. The van der Waals surface area contributed by atoms with E-state index in [-0.39, 0.29) is 0 Å². The summed E-state index contributed by atoms with van der Waals surface area (Å²) in [6.45, 7) is 7.52. The predicted octanol–water partition coefficient (Wildman–Crippen LogP) is 5.53. The number of allylic oxidation sites excluding steroid dienone is 2. The van der Waals surface area contributed by atoms with Gasteiger partial charge in [-0.05, 0) is 54.1 Å². The standard InChI is InChI=1S/C29H31N4O/c1-5-33(6-2)20-21-13-15-22(16-14-21)26-18-23(24-10-7-8-11-25(24)32(26)4)19-28-30-29-27(34-28)12-9-17-31(29)3/h7-19H,5-6,20H2,1-4H3/q+1. The molecule has 0 unspecified atom stereocenters. The van der Waals surface area contributed by atoms with E-state index in [1.165, 1.54) is 22.4 Å². The minimum atomic E-state index is 0.608. The number of anilines is 1. The van der Waals surface area contributed by atoms with Gasteiger partial charge in [0.1, 0.15) is 0 Å². The second kappa shape index (κ2) is 9.27. The normalized spacial score (nSPS) is 14.7. The van der Waals surface area contributed by atoms with Gasteiger partial charge in [0.15, 0.2) is 0 Å². The van der Waals surface area contributed by atoms with Crippen LogP contribution in [-0.2, 0) is 13.6 Å². The van der Waals surface area contributed by atoms with Crippen LogP contribution < -0.4 is 9.47 Å². The number of hydrogen-bond acceptors (Lipinski definition) is 4. The van der Waals surface area contributed by atoms with Crippen LogP contribution in [0.3, 0.4) is 0 Å². The molecule has 172 valence electrons.